The Morgan fingerprint density at radius 2 is 1.70 bits per heavy atom. The highest BCUT2D eigenvalue weighted by atomic mass is 16.5. The van der Waals surface area contributed by atoms with Crippen molar-refractivity contribution in [3.8, 4) is 5.69 Å². The van der Waals surface area contributed by atoms with E-state index in [-0.39, 0.29) is 12.5 Å². The molecule has 0 radical (unpaired) electrons. The highest BCUT2D eigenvalue weighted by Crippen LogP contribution is 2.22. The van der Waals surface area contributed by atoms with Crippen LogP contribution in [0.1, 0.15) is 21.7 Å². The molecule has 0 unspecified atom stereocenters. The molecule has 0 fully saturated rings. The lowest BCUT2D eigenvalue weighted by Crippen LogP contribution is -2.21. The van der Waals surface area contributed by atoms with Crippen LogP contribution < -0.4 is 5.32 Å². The molecular formula is C24H21N3O3. The zero-order chi connectivity index (χ0) is 21.1. The topological polar surface area (TPSA) is 73.2 Å². The number of rotatable bonds is 5. The third-order valence-electron chi connectivity index (χ3n) is 4.76. The summed E-state index contributed by atoms with van der Waals surface area (Å²) in [6, 6.07) is 22.3. The van der Waals surface area contributed by atoms with Crippen molar-refractivity contribution in [1.82, 2.24) is 9.78 Å². The molecule has 4 rings (SSSR count). The molecule has 0 bridgehead atoms. The van der Waals surface area contributed by atoms with Crippen LogP contribution in [0.4, 0.5) is 5.69 Å². The van der Waals surface area contributed by atoms with Crippen LogP contribution in [-0.2, 0) is 9.53 Å². The minimum absolute atomic E-state index is 0.360. The van der Waals surface area contributed by atoms with Crippen LogP contribution in [0.15, 0.2) is 72.8 Å². The fraction of sp³-hybridized carbons (Fsp3) is 0.125. The maximum absolute atomic E-state index is 12.3. The zero-order valence-electron chi connectivity index (χ0n) is 16.8. The van der Waals surface area contributed by atoms with E-state index in [9.17, 15) is 9.59 Å². The van der Waals surface area contributed by atoms with Crippen molar-refractivity contribution in [1.29, 1.82) is 0 Å². The summed E-state index contributed by atoms with van der Waals surface area (Å²) in [4.78, 5) is 24.6. The predicted octanol–water partition coefficient (Wildman–Crippen LogP) is 4.44. The molecule has 0 saturated heterocycles. The van der Waals surface area contributed by atoms with E-state index in [0.717, 1.165) is 27.8 Å². The summed E-state index contributed by atoms with van der Waals surface area (Å²) in [6.07, 6.45) is 0. The van der Waals surface area contributed by atoms with Crippen LogP contribution in [0.2, 0.25) is 0 Å². The first kappa shape index (κ1) is 19.4. The van der Waals surface area contributed by atoms with E-state index < -0.39 is 5.97 Å². The van der Waals surface area contributed by atoms with Gasteiger partial charge in [-0.05, 0) is 55.6 Å². The van der Waals surface area contributed by atoms with E-state index in [4.69, 9.17) is 4.74 Å². The van der Waals surface area contributed by atoms with Crippen LogP contribution in [0, 0.1) is 13.8 Å². The largest absolute Gasteiger partial charge is 0.452 e. The molecule has 6 nitrogen and oxygen atoms in total. The van der Waals surface area contributed by atoms with Gasteiger partial charge in [-0.2, -0.15) is 5.10 Å². The Morgan fingerprint density at radius 1 is 0.967 bits per heavy atom. The molecule has 150 valence electrons. The number of esters is 1. The summed E-state index contributed by atoms with van der Waals surface area (Å²) in [5.74, 6) is -0.943. The number of aryl methyl sites for hydroxylation is 2. The summed E-state index contributed by atoms with van der Waals surface area (Å²) < 4.78 is 6.98. The quantitative estimate of drug-likeness (QED) is 0.504. The minimum Gasteiger partial charge on any atom is -0.452 e. The summed E-state index contributed by atoms with van der Waals surface area (Å²) in [6.45, 7) is 3.54. The monoisotopic (exact) mass is 399 g/mol. The molecule has 3 aromatic carbocycles. The van der Waals surface area contributed by atoms with E-state index >= 15 is 0 Å². The summed E-state index contributed by atoms with van der Waals surface area (Å²) in [5.41, 5.74) is 3.84. The van der Waals surface area contributed by atoms with Crippen LogP contribution in [-0.4, -0.2) is 28.3 Å². The fourth-order valence-electron chi connectivity index (χ4n) is 3.36. The van der Waals surface area contributed by atoms with E-state index in [1.54, 1.807) is 24.3 Å². The van der Waals surface area contributed by atoms with E-state index in [1.165, 1.54) is 0 Å². The number of ether oxygens (including phenoxy) is 1. The number of fused-ring (bicyclic) bond motifs is 1. The van der Waals surface area contributed by atoms with E-state index in [0.29, 0.717) is 11.3 Å². The lowest BCUT2D eigenvalue weighted by atomic mass is 10.1. The molecule has 1 amide bonds. The Morgan fingerprint density at radius 3 is 2.43 bits per heavy atom. The lowest BCUT2D eigenvalue weighted by Gasteiger charge is -2.10. The van der Waals surface area contributed by atoms with Crippen molar-refractivity contribution in [3.05, 3.63) is 89.7 Å². The Kier molecular flexibility index (Phi) is 5.30. The number of hydrogen-bond donors (Lipinski definition) is 1. The second-order valence-electron chi connectivity index (χ2n) is 7.04. The first-order chi connectivity index (χ1) is 14.5. The van der Waals surface area contributed by atoms with Gasteiger partial charge >= 0.3 is 5.97 Å². The smallest absolute Gasteiger partial charge is 0.338 e. The number of hydrogen-bond acceptors (Lipinski definition) is 4. The van der Waals surface area contributed by atoms with Gasteiger partial charge in [-0.15, -0.1) is 0 Å². The molecule has 4 aromatic rings. The first-order valence-electron chi connectivity index (χ1n) is 9.60. The summed E-state index contributed by atoms with van der Waals surface area (Å²) in [7, 11) is 0. The third-order valence-corrected chi connectivity index (χ3v) is 4.76. The van der Waals surface area contributed by atoms with Gasteiger partial charge in [0.1, 0.15) is 0 Å². The zero-order valence-corrected chi connectivity index (χ0v) is 16.8. The predicted molar refractivity (Wildman–Crippen MR) is 116 cm³/mol. The second-order valence-corrected chi connectivity index (χ2v) is 7.04. The Labute approximate surface area is 174 Å². The van der Waals surface area contributed by atoms with Gasteiger partial charge in [0.15, 0.2) is 6.61 Å². The molecule has 0 aliphatic carbocycles. The van der Waals surface area contributed by atoms with Gasteiger partial charge in [0.25, 0.3) is 5.91 Å². The third kappa shape index (κ3) is 4.07. The second kappa shape index (κ2) is 8.21. The Balaban J connectivity index is 1.38. The number of anilines is 1. The van der Waals surface area contributed by atoms with Crippen molar-refractivity contribution in [2.45, 2.75) is 13.8 Å². The Hall–Kier alpha value is -3.93. The maximum atomic E-state index is 12.3. The number of nitrogens with zero attached hydrogens (tertiary/aromatic N) is 2. The van der Waals surface area contributed by atoms with Crippen molar-refractivity contribution in [2.24, 2.45) is 0 Å². The van der Waals surface area contributed by atoms with E-state index in [1.807, 2.05) is 67.1 Å². The van der Waals surface area contributed by atoms with E-state index in [2.05, 4.69) is 10.4 Å². The molecule has 0 aliphatic heterocycles. The van der Waals surface area contributed by atoms with Gasteiger partial charge in [0, 0.05) is 16.8 Å². The summed E-state index contributed by atoms with van der Waals surface area (Å²) >= 11 is 0. The first-order valence-corrected chi connectivity index (χ1v) is 9.60. The molecule has 1 heterocycles. The van der Waals surface area contributed by atoms with Gasteiger partial charge in [-0.25, -0.2) is 9.48 Å². The molecule has 0 spiro atoms. The highest BCUT2D eigenvalue weighted by molar-refractivity contribution is 6.03. The minimum atomic E-state index is -0.553. The number of carbonyl (C=O) groups is 2. The van der Waals surface area contributed by atoms with Crippen LogP contribution in [0.25, 0.3) is 16.5 Å². The average molecular weight is 399 g/mol. The maximum Gasteiger partial charge on any atom is 0.338 e. The normalized spacial score (nSPS) is 10.7. The summed E-state index contributed by atoms with van der Waals surface area (Å²) in [5, 5.41) is 9.18. The van der Waals surface area contributed by atoms with Gasteiger partial charge in [-0.1, -0.05) is 36.4 Å². The van der Waals surface area contributed by atoms with Crippen LogP contribution >= 0.6 is 0 Å². The standard InChI is InChI=1S/C24H21N3O3/c1-16-14-17(2)27(26-16)20-12-10-19(11-13-20)24(29)30-15-23(28)25-22-9-5-7-18-6-3-4-8-21(18)22/h3-14H,15H2,1-2H3,(H,25,28). The number of amides is 1. The number of nitrogens with one attached hydrogen (secondary N) is 1. The molecule has 1 N–H and O–H groups in total. The SMILES string of the molecule is Cc1cc(C)n(-c2ccc(C(=O)OCC(=O)Nc3cccc4ccccc34)cc2)n1. The lowest BCUT2D eigenvalue weighted by molar-refractivity contribution is -0.119. The fourth-order valence-corrected chi connectivity index (χ4v) is 3.36. The number of carbonyl (C=O) groups excluding carboxylic acids is 2. The van der Waals surface area contributed by atoms with Crippen LogP contribution in [0.5, 0.6) is 0 Å². The van der Waals surface area contributed by atoms with Gasteiger partial charge in [-0.3, -0.25) is 4.79 Å². The van der Waals surface area contributed by atoms with Crippen molar-refractivity contribution in [2.75, 3.05) is 11.9 Å². The highest BCUT2D eigenvalue weighted by Gasteiger charge is 2.12. The molecule has 30 heavy (non-hydrogen) atoms. The molecular weight excluding hydrogens is 378 g/mol. The molecule has 0 atom stereocenters. The number of aromatic nitrogens is 2. The van der Waals surface area contributed by atoms with Gasteiger partial charge in [0.2, 0.25) is 0 Å². The molecule has 0 saturated carbocycles. The molecule has 1 aromatic heterocycles. The van der Waals surface area contributed by atoms with Gasteiger partial charge < -0.3 is 10.1 Å². The van der Waals surface area contributed by atoms with Crippen molar-refractivity contribution < 1.29 is 14.3 Å². The molecule has 6 heteroatoms. The van der Waals surface area contributed by atoms with Crippen molar-refractivity contribution >= 4 is 28.3 Å². The molecule has 0 aliphatic rings. The van der Waals surface area contributed by atoms with Gasteiger partial charge in [0.05, 0.1) is 16.9 Å². The van der Waals surface area contributed by atoms with Crippen LogP contribution in [0.3, 0.4) is 0 Å². The Bertz CT molecular complexity index is 1220. The average Bonchev–Trinajstić information content (AvgIpc) is 3.10. The number of benzene rings is 3. The van der Waals surface area contributed by atoms with Crippen molar-refractivity contribution in [3.63, 3.8) is 0 Å².